The summed E-state index contributed by atoms with van der Waals surface area (Å²) in [5.74, 6) is 0.916. The van der Waals surface area contributed by atoms with Crippen molar-refractivity contribution in [1.82, 2.24) is 24.5 Å². The molecule has 0 bridgehead atoms. The Hall–Kier alpha value is -4.01. The van der Waals surface area contributed by atoms with Crippen molar-refractivity contribution < 1.29 is 13.9 Å². The molecule has 1 N–H and O–H groups in total. The maximum absolute atomic E-state index is 13.0. The molecule has 0 saturated carbocycles. The van der Waals surface area contributed by atoms with Gasteiger partial charge in [0.15, 0.2) is 0 Å². The molecule has 0 spiro atoms. The lowest BCUT2D eigenvalue weighted by Gasteiger charge is -2.11. The molecule has 1 atom stereocenters. The summed E-state index contributed by atoms with van der Waals surface area (Å²) in [5, 5.41) is 11.1. The Morgan fingerprint density at radius 2 is 1.82 bits per heavy atom. The number of hydrogen-bond donors (Lipinski definition) is 1. The molecular formula is C25H26FN5O3. The third-order valence-electron chi connectivity index (χ3n) is 5.44. The van der Waals surface area contributed by atoms with Crippen LogP contribution >= 0.6 is 0 Å². The van der Waals surface area contributed by atoms with Crippen molar-refractivity contribution in [2.75, 3.05) is 6.61 Å². The van der Waals surface area contributed by atoms with E-state index in [0.29, 0.717) is 37.5 Å². The molecule has 1 unspecified atom stereocenters. The number of carbonyl (C=O) groups excluding carboxylic acids is 1. The van der Waals surface area contributed by atoms with Gasteiger partial charge in [0.1, 0.15) is 17.4 Å². The highest BCUT2D eigenvalue weighted by atomic mass is 19.1. The second-order valence-corrected chi connectivity index (χ2v) is 8.13. The first kappa shape index (κ1) is 23.2. The average molecular weight is 464 g/mol. The predicted molar refractivity (Wildman–Crippen MR) is 125 cm³/mol. The average Bonchev–Trinajstić information content (AvgIpc) is 3.23. The van der Waals surface area contributed by atoms with Crippen molar-refractivity contribution in [3.8, 4) is 11.4 Å². The van der Waals surface area contributed by atoms with E-state index in [4.69, 9.17) is 4.74 Å². The van der Waals surface area contributed by atoms with Gasteiger partial charge in [-0.05, 0) is 54.8 Å². The Balaban J connectivity index is 1.41. The summed E-state index contributed by atoms with van der Waals surface area (Å²) in [6.45, 7) is 4.77. The van der Waals surface area contributed by atoms with Crippen molar-refractivity contribution in [1.29, 1.82) is 0 Å². The van der Waals surface area contributed by atoms with Gasteiger partial charge >= 0.3 is 5.56 Å². The molecule has 176 valence electrons. The van der Waals surface area contributed by atoms with Crippen molar-refractivity contribution in [2.24, 2.45) is 5.92 Å². The lowest BCUT2D eigenvalue weighted by molar-refractivity contribution is -0.122. The van der Waals surface area contributed by atoms with Crippen LogP contribution in [0.25, 0.3) is 11.3 Å². The van der Waals surface area contributed by atoms with Crippen molar-refractivity contribution in [2.45, 2.75) is 33.2 Å². The smallest absolute Gasteiger partial charge is 0.300 e. The van der Waals surface area contributed by atoms with E-state index in [1.165, 1.54) is 16.7 Å². The van der Waals surface area contributed by atoms with Gasteiger partial charge in [0.25, 0.3) is 0 Å². The Labute approximate surface area is 196 Å². The summed E-state index contributed by atoms with van der Waals surface area (Å²) >= 11 is 0. The Kier molecular flexibility index (Phi) is 7.01. The van der Waals surface area contributed by atoms with E-state index in [1.54, 1.807) is 28.9 Å². The second-order valence-electron chi connectivity index (χ2n) is 8.13. The third-order valence-corrected chi connectivity index (χ3v) is 5.44. The molecule has 8 nitrogen and oxygen atoms in total. The molecule has 2 aromatic carbocycles. The quantitative estimate of drug-likeness (QED) is 0.411. The number of hydrogen-bond acceptors (Lipinski definition) is 5. The Bertz CT molecular complexity index is 1330. The van der Waals surface area contributed by atoms with Crippen LogP contribution in [0.15, 0.2) is 65.7 Å². The van der Waals surface area contributed by atoms with Gasteiger partial charge in [-0.25, -0.2) is 4.39 Å². The zero-order valence-corrected chi connectivity index (χ0v) is 19.1. The highest BCUT2D eigenvalue weighted by Crippen LogP contribution is 2.15. The molecule has 1 amide bonds. The first-order valence-electron chi connectivity index (χ1n) is 11.1. The van der Waals surface area contributed by atoms with E-state index in [9.17, 15) is 14.0 Å². The first-order chi connectivity index (χ1) is 16.4. The van der Waals surface area contributed by atoms with E-state index in [2.05, 4.69) is 15.5 Å². The number of amides is 1. The van der Waals surface area contributed by atoms with Gasteiger partial charge in [-0.1, -0.05) is 19.1 Å². The lowest BCUT2D eigenvalue weighted by atomic mass is 10.0. The molecule has 2 heterocycles. The molecule has 0 saturated heterocycles. The normalized spacial score (nSPS) is 12.0. The monoisotopic (exact) mass is 463 g/mol. The van der Waals surface area contributed by atoms with Crippen LogP contribution in [0.4, 0.5) is 4.39 Å². The fraction of sp³-hybridized carbons (Fsp3) is 0.280. The minimum atomic E-state index is -0.310. The van der Waals surface area contributed by atoms with Crippen LogP contribution in [-0.4, -0.2) is 31.7 Å². The fourth-order valence-electron chi connectivity index (χ4n) is 3.72. The van der Waals surface area contributed by atoms with Gasteiger partial charge in [-0.15, -0.1) is 10.2 Å². The Morgan fingerprint density at radius 1 is 1.09 bits per heavy atom. The number of rotatable bonds is 9. The molecule has 4 aromatic rings. The van der Waals surface area contributed by atoms with Crippen molar-refractivity contribution >= 4 is 11.6 Å². The van der Waals surface area contributed by atoms with Gasteiger partial charge < -0.3 is 10.1 Å². The number of fused-ring (bicyclic) bond motifs is 1. The van der Waals surface area contributed by atoms with Gasteiger partial charge in [0.05, 0.1) is 6.61 Å². The molecule has 0 aliphatic carbocycles. The van der Waals surface area contributed by atoms with Crippen LogP contribution in [0.5, 0.6) is 5.75 Å². The molecule has 0 radical (unpaired) electrons. The lowest BCUT2D eigenvalue weighted by Crippen LogP contribution is -2.25. The number of ether oxygens (including phenoxy) is 1. The van der Waals surface area contributed by atoms with Crippen molar-refractivity contribution in [3.63, 3.8) is 0 Å². The van der Waals surface area contributed by atoms with Crippen LogP contribution in [0.2, 0.25) is 0 Å². The van der Waals surface area contributed by atoms with E-state index >= 15 is 0 Å². The number of halogens is 1. The molecule has 4 rings (SSSR count). The van der Waals surface area contributed by atoms with Gasteiger partial charge in [0, 0.05) is 37.5 Å². The van der Waals surface area contributed by atoms with Crippen LogP contribution < -0.4 is 15.6 Å². The molecule has 0 fully saturated rings. The summed E-state index contributed by atoms with van der Waals surface area (Å²) in [6, 6.07) is 13.3. The van der Waals surface area contributed by atoms with Crippen LogP contribution in [0, 0.1) is 11.7 Å². The number of nitrogens with one attached hydrogen (secondary N) is 1. The largest absolute Gasteiger partial charge is 0.494 e. The number of benzene rings is 2. The third kappa shape index (κ3) is 5.31. The van der Waals surface area contributed by atoms with E-state index in [0.717, 1.165) is 11.3 Å². The second kappa shape index (κ2) is 10.3. The number of nitrogens with zero attached hydrogens (tertiary/aromatic N) is 4. The van der Waals surface area contributed by atoms with Gasteiger partial charge in [0.2, 0.25) is 11.6 Å². The predicted octanol–water partition coefficient (Wildman–Crippen LogP) is 3.30. The maximum atomic E-state index is 13.0. The highest BCUT2D eigenvalue weighted by molar-refractivity contribution is 5.76. The summed E-state index contributed by atoms with van der Waals surface area (Å²) in [7, 11) is 0. The number of carbonyl (C=O) groups is 1. The minimum absolute atomic E-state index is 0.0193. The summed E-state index contributed by atoms with van der Waals surface area (Å²) in [5.41, 5.74) is 1.47. The molecule has 34 heavy (non-hydrogen) atoms. The molecule has 2 aromatic heterocycles. The zero-order valence-electron chi connectivity index (χ0n) is 19.1. The summed E-state index contributed by atoms with van der Waals surface area (Å²) in [6.07, 6.45) is 4.21. The molecule has 0 aliphatic heterocycles. The SMILES string of the molecule is CCOc1ccc(-n2ccn3c(CC(C)CC(=O)NCc4ccc(F)cc4)nnc3c2=O)cc1. The standard InChI is InChI=1S/C25H26FN5O3/c1-3-34-21-10-8-20(9-11-21)30-12-13-31-22(28-29-24(31)25(30)33)14-17(2)15-23(32)27-16-18-4-6-19(26)7-5-18/h4-13,17H,3,14-16H2,1-2H3,(H,27,32). The first-order valence-corrected chi connectivity index (χ1v) is 11.1. The maximum Gasteiger partial charge on any atom is 0.300 e. The Morgan fingerprint density at radius 3 is 2.53 bits per heavy atom. The molecular weight excluding hydrogens is 437 g/mol. The van der Waals surface area contributed by atoms with Crippen molar-refractivity contribution in [3.05, 3.63) is 88.5 Å². The van der Waals surface area contributed by atoms with E-state index in [1.807, 2.05) is 38.1 Å². The molecule has 0 aliphatic rings. The highest BCUT2D eigenvalue weighted by Gasteiger charge is 2.16. The summed E-state index contributed by atoms with van der Waals surface area (Å²) < 4.78 is 21.6. The van der Waals surface area contributed by atoms with Gasteiger partial charge in [-0.3, -0.25) is 18.6 Å². The number of aromatic nitrogens is 4. The van der Waals surface area contributed by atoms with Crippen LogP contribution in [0.3, 0.4) is 0 Å². The van der Waals surface area contributed by atoms with E-state index < -0.39 is 0 Å². The van der Waals surface area contributed by atoms with Crippen LogP contribution in [0.1, 0.15) is 31.7 Å². The van der Waals surface area contributed by atoms with Gasteiger partial charge in [-0.2, -0.15) is 0 Å². The molecule has 9 heteroatoms. The minimum Gasteiger partial charge on any atom is -0.494 e. The topological polar surface area (TPSA) is 90.5 Å². The fourth-order valence-corrected chi connectivity index (χ4v) is 3.72. The zero-order chi connectivity index (χ0) is 24.1. The van der Waals surface area contributed by atoms with E-state index in [-0.39, 0.29) is 28.8 Å². The summed E-state index contributed by atoms with van der Waals surface area (Å²) in [4.78, 5) is 25.3. The van der Waals surface area contributed by atoms with Crippen LogP contribution in [-0.2, 0) is 17.8 Å².